The summed E-state index contributed by atoms with van der Waals surface area (Å²) in [5.41, 5.74) is 2.33. The van der Waals surface area contributed by atoms with Crippen molar-refractivity contribution in [3.8, 4) is 0 Å². The summed E-state index contributed by atoms with van der Waals surface area (Å²) in [5.74, 6) is 0. The molecule has 0 heterocycles. The van der Waals surface area contributed by atoms with Crippen LogP contribution in [0.5, 0.6) is 0 Å². The minimum atomic E-state index is -0.233. The van der Waals surface area contributed by atoms with E-state index in [0.29, 0.717) is 0 Å². The van der Waals surface area contributed by atoms with Crippen molar-refractivity contribution in [1.29, 1.82) is 0 Å². The van der Waals surface area contributed by atoms with Crippen molar-refractivity contribution in [2.75, 3.05) is 28.2 Å². The second-order valence-corrected chi connectivity index (χ2v) is 2.52. The zero-order chi connectivity index (χ0) is 8.85. The van der Waals surface area contributed by atoms with Crippen LogP contribution in [0.2, 0.25) is 0 Å². The van der Waals surface area contributed by atoms with Crippen LogP contribution in [0, 0.1) is 0 Å². The van der Waals surface area contributed by atoms with Gasteiger partial charge >= 0.3 is 6.03 Å². The molecule has 5 nitrogen and oxygen atoms in total. The first-order valence-electron chi connectivity index (χ1n) is 3.21. The van der Waals surface area contributed by atoms with Gasteiger partial charge in [0.2, 0.25) is 0 Å². The molecular weight excluding hydrogens is 215 g/mol. The first-order chi connectivity index (χ1) is 5.04. The van der Waals surface area contributed by atoms with Crippen LogP contribution in [0.4, 0.5) is 4.79 Å². The zero-order valence-corrected chi connectivity index (χ0v) is 9.78. The maximum absolute atomic E-state index is 10.8. The topological polar surface area (TPSA) is 47.9 Å². The lowest BCUT2D eigenvalue weighted by molar-refractivity contribution is 0.218. The molecule has 0 spiro atoms. The first kappa shape index (κ1) is 18.2. The van der Waals surface area contributed by atoms with Crippen LogP contribution >= 0.6 is 24.8 Å². The third kappa shape index (κ3) is 11.3. The Bertz CT molecular complexity index is 161. The molecule has 0 aliphatic rings. The molecule has 0 aromatic carbocycles. The number of hydrazone groups is 1. The van der Waals surface area contributed by atoms with Crippen LogP contribution in [-0.2, 0) is 0 Å². The minimum absolute atomic E-state index is 0. The van der Waals surface area contributed by atoms with Gasteiger partial charge in [-0.15, -0.1) is 24.8 Å². The summed E-state index contributed by atoms with van der Waals surface area (Å²) in [6, 6.07) is -0.233. The van der Waals surface area contributed by atoms with Crippen LogP contribution < -0.4 is 5.43 Å². The molecule has 7 heteroatoms. The SMILES string of the molecule is CN(C)/C=N/NC(=O)N(C)C.Cl.Cl. The number of amides is 2. The maximum Gasteiger partial charge on any atom is 0.337 e. The van der Waals surface area contributed by atoms with E-state index in [-0.39, 0.29) is 30.8 Å². The number of hydrogen-bond donors (Lipinski definition) is 1. The fraction of sp³-hybridized carbons (Fsp3) is 0.667. The van der Waals surface area contributed by atoms with Crippen LogP contribution in [0.1, 0.15) is 0 Å². The van der Waals surface area contributed by atoms with Gasteiger partial charge in [0.05, 0.1) is 0 Å². The molecule has 13 heavy (non-hydrogen) atoms. The van der Waals surface area contributed by atoms with Gasteiger partial charge in [-0.1, -0.05) is 0 Å². The average Bonchev–Trinajstić information content (AvgIpc) is 1.86. The molecule has 0 saturated heterocycles. The second kappa shape index (κ2) is 9.41. The third-order valence-electron chi connectivity index (χ3n) is 0.855. The van der Waals surface area contributed by atoms with Crippen molar-refractivity contribution in [1.82, 2.24) is 15.2 Å². The van der Waals surface area contributed by atoms with E-state index >= 15 is 0 Å². The molecule has 0 saturated carbocycles. The number of carbonyl (C=O) groups is 1. The normalized spacial score (nSPS) is 8.31. The Labute approximate surface area is 91.0 Å². The number of rotatable bonds is 2. The Hall–Kier alpha value is -0.680. The molecule has 0 unspecified atom stereocenters. The summed E-state index contributed by atoms with van der Waals surface area (Å²) in [4.78, 5) is 13.9. The molecule has 0 bridgehead atoms. The molecule has 1 N–H and O–H groups in total. The van der Waals surface area contributed by atoms with Gasteiger partial charge in [0.25, 0.3) is 0 Å². The highest BCUT2D eigenvalue weighted by Gasteiger charge is 1.97. The molecule has 0 aliphatic heterocycles. The van der Waals surface area contributed by atoms with Crippen molar-refractivity contribution < 1.29 is 4.79 Å². The Kier molecular flexibility index (Phi) is 13.2. The Morgan fingerprint density at radius 3 is 2.00 bits per heavy atom. The summed E-state index contributed by atoms with van der Waals surface area (Å²) < 4.78 is 0. The van der Waals surface area contributed by atoms with Gasteiger partial charge in [0.1, 0.15) is 6.34 Å². The smallest absolute Gasteiger partial charge is 0.337 e. The van der Waals surface area contributed by atoms with E-state index in [0.717, 1.165) is 0 Å². The third-order valence-corrected chi connectivity index (χ3v) is 0.855. The monoisotopic (exact) mass is 230 g/mol. The molecule has 0 atom stereocenters. The van der Waals surface area contributed by atoms with E-state index in [1.54, 1.807) is 19.0 Å². The van der Waals surface area contributed by atoms with Gasteiger partial charge in [-0.2, -0.15) is 5.10 Å². The zero-order valence-electron chi connectivity index (χ0n) is 8.14. The minimum Gasteiger partial charge on any atom is -0.367 e. The largest absolute Gasteiger partial charge is 0.367 e. The maximum atomic E-state index is 10.8. The number of nitrogens with zero attached hydrogens (tertiary/aromatic N) is 3. The first-order valence-corrected chi connectivity index (χ1v) is 3.21. The van der Waals surface area contributed by atoms with Crippen LogP contribution in [-0.4, -0.2) is 50.4 Å². The van der Waals surface area contributed by atoms with E-state index < -0.39 is 0 Å². The number of hydrogen-bond acceptors (Lipinski definition) is 2. The summed E-state index contributed by atoms with van der Waals surface area (Å²) in [7, 11) is 6.96. The summed E-state index contributed by atoms with van der Waals surface area (Å²) >= 11 is 0. The molecule has 0 rings (SSSR count). The predicted octanol–water partition coefficient (Wildman–Crippen LogP) is 0.606. The van der Waals surface area contributed by atoms with E-state index in [1.807, 2.05) is 14.1 Å². The van der Waals surface area contributed by atoms with Gasteiger partial charge in [-0.3, -0.25) is 0 Å². The Morgan fingerprint density at radius 1 is 1.23 bits per heavy atom. The standard InChI is InChI=1S/C6H14N4O.2ClH/c1-9(2)5-7-8-6(11)10(3)4;;/h5H,1-4H3,(H,8,11);2*1H/b7-5+;;. The van der Waals surface area contributed by atoms with Crippen molar-refractivity contribution >= 4 is 37.2 Å². The summed E-state index contributed by atoms with van der Waals surface area (Å²) in [6.45, 7) is 0. The number of carbonyl (C=O) groups excluding carboxylic acids is 1. The molecule has 0 aromatic heterocycles. The highest BCUT2D eigenvalue weighted by molar-refractivity contribution is 5.85. The molecule has 2 amide bonds. The summed E-state index contributed by atoms with van der Waals surface area (Å²) in [6.07, 6.45) is 1.52. The molecular formula is C6H16Cl2N4O. The fourth-order valence-electron chi connectivity index (χ4n) is 0.300. The predicted molar refractivity (Wildman–Crippen MR) is 58.9 cm³/mol. The molecule has 80 valence electrons. The van der Waals surface area contributed by atoms with Crippen molar-refractivity contribution in [2.24, 2.45) is 5.10 Å². The quantitative estimate of drug-likeness (QED) is 0.430. The van der Waals surface area contributed by atoms with Crippen molar-refractivity contribution in [3.05, 3.63) is 0 Å². The highest BCUT2D eigenvalue weighted by atomic mass is 35.5. The van der Waals surface area contributed by atoms with Crippen LogP contribution in [0.25, 0.3) is 0 Å². The fourth-order valence-corrected chi connectivity index (χ4v) is 0.300. The van der Waals surface area contributed by atoms with E-state index in [4.69, 9.17) is 0 Å². The number of halogens is 2. The molecule has 0 radical (unpaired) electrons. The lowest BCUT2D eigenvalue weighted by atomic mass is 10.8. The van der Waals surface area contributed by atoms with Crippen molar-refractivity contribution in [2.45, 2.75) is 0 Å². The highest BCUT2D eigenvalue weighted by Crippen LogP contribution is 1.75. The number of nitrogens with one attached hydrogen (secondary N) is 1. The van der Waals surface area contributed by atoms with Gasteiger partial charge in [0, 0.05) is 28.2 Å². The Balaban J connectivity index is -0.000000500. The van der Waals surface area contributed by atoms with Crippen LogP contribution in [0.3, 0.4) is 0 Å². The molecule has 0 aliphatic carbocycles. The van der Waals surface area contributed by atoms with Gasteiger partial charge in [-0.05, 0) is 0 Å². The summed E-state index contributed by atoms with van der Waals surface area (Å²) in [5, 5.41) is 3.65. The second-order valence-electron chi connectivity index (χ2n) is 2.52. The van der Waals surface area contributed by atoms with E-state index in [2.05, 4.69) is 10.5 Å². The van der Waals surface area contributed by atoms with Gasteiger partial charge < -0.3 is 9.80 Å². The molecule has 0 fully saturated rings. The van der Waals surface area contributed by atoms with Gasteiger partial charge in [-0.25, -0.2) is 10.2 Å². The van der Waals surface area contributed by atoms with E-state index in [1.165, 1.54) is 11.2 Å². The van der Waals surface area contributed by atoms with Crippen LogP contribution in [0.15, 0.2) is 5.10 Å². The lowest BCUT2D eigenvalue weighted by Crippen LogP contribution is -2.31. The van der Waals surface area contributed by atoms with Gasteiger partial charge in [0.15, 0.2) is 0 Å². The average molecular weight is 231 g/mol. The molecule has 0 aromatic rings. The lowest BCUT2D eigenvalue weighted by Gasteiger charge is -2.08. The van der Waals surface area contributed by atoms with Crippen molar-refractivity contribution in [3.63, 3.8) is 0 Å². The Morgan fingerprint density at radius 2 is 1.69 bits per heavy atom. The van der Waals surface area contributed by atoms with E-state index in [9.17, 15) is 4.79 Å². The number of urea groups is 1.